The van der Waals surface area contributed by atoms with Crippen molar-refractivity contribution in [1.82, 2.24) is 15.3 Å². The van der Waals surface area contributed by atoms with Crippen LogP contribution < -0.4 is 20.0 Å². The average molecular weight is 495 g/mol. The molecule has 0 saturated heterocycles. The van der Waals surface area contributed by atoms with Crippen LogP contribution in [-0.4, -0.2) is 34.7 Å². The molecule has 170 valence electrons. The van der Waals surface area contributed by atoms with Gasteiger partial charge in [0, 0.05) is 24.5 Å². The minimum atomic E-state index is -0.484. The van der Waals surface area contributed by atoms with E-state index in [1.54, 1.807) is 41.6 Å². The number of hydrazone groups is 1. The lowest BCUT2D eigenvalue weighted by Crippen LogP contribution is -2.40. The van der Waals surface area contributed by atoms with Gasteiger partial charge in [-0.3, -0.25) is 9.69 Å². The van der Waals surface area contributed by atoms with Gasteiger partial charge < -0.3 is 10.1 Å². The highest BCUT2D eigenvalue weighted by Gasteiger charge is 2.28. The summed E-state index contributed by atoms with van der Waals surface area (Å²) in [4.78, 5) is 35.0. The predicted molar refractivity (Wildman–Crippen MR) is 129 cm³/mol. The lowest BCUT2D eigenvalue weighted by atomic mass is 9.99. The van der Waals surface area contributed by atoms with E-state index < -0.39 is 6.03 Å². The lowest BCUT2D eigenvalue weighted by Gasteiger charge is -2.27. The number of nitrogens with one attached hydrogen (secondary N) is 1. The number of carbonyl (C=O) groups excluding carboxylic acids is 2. The van der Waals surface area contributed by atoms with Crippen molar-refractivity contribution >= 4 is 53.0 Å². The Balaban J connectivity index is 1.39. The van der Waals surface area contributed by atoms with E-state index in [0.717, 1.165) is 10.6 Å². The average Bonchev–Trinajstić information content (AvgIpc) is 2.82. The molecule has 34 heavy (non-hydrogen) atoms. The number of rotatable bonds is 4. The van der Waals surface area contributed by atoms with Crippen molar-refractivity contribution in [2.45, 2.75) is 6.42 Å². The lowest BCUT2D eigenvalue weighted by molar-refractivity contribution is 0.0979. The standard InChI is InChI=1S/C23H16Cl2N6O3/c1-13-12-28-31(23(33)29-13)15-10-18(24)20(19(25)11-15)34-16-3-4-17-14(9-16)5-8-30(21(17)32)22-26-6-2-7-27-22/h2-4,6-7,9-12H,1,5,8H2,(H,29,33). The zero-order chi connectivity index (χ0) is 23.8. The van der Waals surface area contributed by atoms with Crippen LogP contribution in [0.4, 0.5) is 16.4 Å². The quantitative estimate of drug-likeness (QED) is 0.560. The van der Waals surface area contributed by atoms with E-state index in [1.807, 2.05) is 0 Å². The first kappa shape index (κ1) is 21.9. The van der Waals surface area contributed by atoms with Gasteiger partial charge >= 0.3 is 6.03 Å². The summed E-state index contributed by atoms with van der Waals surface area (Å²) in [6, 6.07) is 9.40. The number of allylic oxidation sites excluding steroid dienone is 1. The molecule has 0 radical (unpaired) electrons. The number of amides is 3. The van der Waals surface area contributed by atoms with Crippen LogP contribution in [-0.2, 0) is 6.42 Å². The Morgan fingerprint density at radius 1 is 1.06 bits per heavy atom. The monoisotopic (exact) mass is 494 g/mol. The van der Waals surface area contributed by atoms with E-state index >= 15 is 0 Å². The summed E-state index contributed by atoms with van der Waals surface area (Å²) in [6.45, 7) is 4.08. The number of urea groups is 1. The van der Waals surface area contributed by atoms with Crippen LogP contribution in [0.2, 0.25) is 10.0 Å². The van der Waals surface area contributed by atoms with Gasteiger partial charge in [-0.15, -0.1) is 0 Å². The Kier molecular flexibility index (Phi) is 5.64. The Morgan fingerprint density at radius 2 is 1.79 bits per heavy atom. The van der Waals surface area contributed by atoms with Gasteiger partial charge in [-0.1, -0.05) is 29.8 Å². The summed E-state index contributed by atoms with van der Waals surface area (Å²) in [5.41, 5.74) is 2.12. The molecule has 1 N–H and O–H groups in total. The number of carbonyl (C=O) groups is 2. The molecular formula is C23H16Cl2N6O3. The molecule has 0 bridgehead atoms. The minimum absolute atomic E-state index is 0.178. The number of hydrogen-bond donors (Lipinski definition) is 1. The largest absolute Gasteiger partial charge is 0.454 e. The minimum Gasteiger partial charge on any atom is -0.454 e. The van der Waals surface area contributed by atoms with Crippen molar-refractivity contribution in [3.05, 3.63) is 82.2 Å². The van der Waals surface area contributed by atoms with Crippen LogP contribution in [0.3, 0.4) is 0 Å². The molecule has 2 aliphatic heterocycles. The molecule has 3 heterocycles. The van der Waals surface area contributed by atoms with E-state index in [4.69, 9.17) is 27.9 Å². The SMILES string of the molecule is C=C1C=NN(c2cc(Cl)c(Oc3ccc4c(c3)CCN(c3ncccn3)C4=O)c(Cl)c2)C(=O)N1. The third kappa shape index (κ3) is 4.07. The summed E-state index contributed by atoms with van der Waals surface area (Å²) in [7, 11) is 0. The molecule has 0 atom stereocenters. The molecule has 0 saturated carbocycles. The Labute approximate surface area is 204 Å². The molecule has 9 nitrogen and oxygen atoms in total. The van der Waals surface area contributed by atoms with Gasteiger partial charge in [-0.05, 0) is 48.4 Å². The maximum atomic E-state index is 12.9. The molecule has 2 aliphatic rings. The molecule has 2 aromatic carbocycles. The fourth-order valence-electron chi connectivity index (χ4n) is 3.62. The molecule has 0 fully saturated rings. The third-order valence-corrected chi connectivity index (χ3v) is 5.75. The first-order chi connectivity index (χ1) is 16.4. The van der Waals surface area contributed by atoms with E-state index in [2.05, 4.69) is 27.0 Å². The zero-order valence-corrected chi connectivity index (χ0v) is 19.0. The number of ether oxygens (including phenoxy) is 1. The number of benzene rings is 2. The van der Waals surface area contributed by atoms with Crippen LogP contribution in [0, 0.1) is 0 Å². The highest BCUT2D eigenvalue weighted by atomic mass is 35.5. The molecule has 3 aromatic rings. The van der Waals surface area contributed by atoms with Crippen LogP contribution in [0.5, 0.6) is 11.5 Å². The van der Waals surface area contributed by atoms with Crippen molar-refractivity contribution in [2.75, 3.05) is 16.5 Å². The van der Waals surface area contributed by atoms with E-state index in [0.29, 0.717) is 41.6 Å². The molecule has 11 heteroatoms. The summed E-state index contributed by atoms with van der Waals surface area (Å²) >= 11 is 12.8. The van der Waals surface area contributed by atoms with Crippen LogP contribution in [0.15, 0.2) is 66.2 Å². The smallest absolute Gasteiger partial charge is 0.347 e. The van der Waals surface area contributed by atoms with Crippen molar-refractivity contribution in [3.63, 3.8) is 0 Å². The van der Waals surface area contributed by atoms with Gasteiger partial charge in [-0.2, -0.15) is 10.1 Å². The Hall–Kier alpha value is -3.95. The maximum absolute atomic E-state index is 12.9. The highest BCUT2D eigenvalue weighted by Crippen LogP contribution is 2.40. The predicted octanol–water partition coefficient (Wildman–Crippen LogP) is 4.81. The summed E-state index contributed by atoms with van der Waals surface area (Å²) in [5, 5.41) is 8.08. The van der Waals surface area contributed by atoms with E-state index in [1.165, 1.54) is 18.3 Å². The molecule has 5 rings (SSSR count). The van der Waals surface area contributed by atoms with Crippen molar-refractivity contribution in [2.24, 2.45) is 5.10 Å². The second-order valence-electron chi connectivity index (χ2n) is 7.43. The highest BCUT2D eigenvalue weighted by molar-refractivity contribution is 6.37. The molecule has 3 amide bonds. The number of fused-ring (bicyclic) bond motifs is 1. The van der Waals surface area contributed by atoms with Crippen LogP contribution in [0.25, 0.3) is 0 Å². The number of nitrogens with zero attached hydrogens (tertiary/aromatic N) is 5. The number of aromatic nitrogens is 2. The molecule has 0 spiro atoms. The van der Waals surface area contributed by atoms with Gasteiger partial charge in [0.25, 0.3) is 5.91 Å². The second kappa shape index (κ2) is 8.77. The summed E-state index contributed by atoms with van der Waals surface area (Å²) in [5.74, 6) is 0.882. The van der Waals surface area contributed by atoms with E-state index in [9.17, 15) is 9.59 Å². The molecule has 1 aromatic heterocycles. The number of hydrogen-bond acceptors (Lipinski definition) is 6. The summed E-state index contributed by atoms with van der Waals surface area (Å²) < 4.78 is 5.95. The number of halogens is 2. The molecule has 0 aliphatic carbocycles. The molecule has 0 unspecified atom stereocenters. The summed E-state index contributed by atoms with van der Waals surface area (Å²) in [6.07, 6.45) is 5.21. The fraction of sp³-hybridized carbons (Fsp3) is 0.0870. The maximum Gasteiger partial charge on any atom is 0.347 e. The van der Waals surface area contributed by atoms with Crippen LogP contribution >= 0.6 is 23.2 Å². The van der Waals surface area contributed by atoms with Crippen molar-refractivity contribution < 1.29 is 14.3 Å². The van der Waals surface area contributed by atoms with Gasteiger partial charge in [0.05, 0.1) is 27.6 Å². The zero-order valence-electron chi connectivity index (χ0n) is 17.5. The first-order valence-corrected chi connectivity index (χ1v) is 10.9. The third-order valence-electron chi connectivity index (χ3n) is 5.19. The van der Waals surface area contributed by atoms with E-state index in [-0.39, 0.29) is 21.7 Å². The van der Waals surface area contributed by atoms with Crippen molar-refractivity contribution in [3.8, 4) is 11.5 Å². The van der Waals surface area contributed by atoms with Crippen molar-refractivity contribution in [1.29, 1.82) is 0 Å². The van der Waals surface area contributed by atoms with Gasteiger partial charge in [-0.25, -0.2) is 14.8 Å². The fourth-order valence-corrected chi connectivity index (χ4v) is 4.17. The van der Waals surface area contributed by atoms with Gasteiger partial charge in [0.2, 0.25) is 5.95 Å². The van der Waals surface area contributed by atoms with Crippen LogP contribution in [0.1, 0.15) is 15.9 Å². The normalized spacial score (nSPS) is 15.3. The van der Waals surface area contributed by atoms with Gasteiger partial charge in [0.1, 0.15) is 5.75 Å². The van der Waals surface area contributed by atoms with Gasteiger partial charge in [0.15, 0.2) is 5.75 Å². The second-order valence-corrected chi connectivity index (χ2v) is 8.24. The first-order valence-electron chi connectivity index (χ1n) is 10.1. The molecular weight excluding hydrogens is 479 g/mol. The topological polar surface area (TPSA) is 100 Å². The Morgan fingerprint density at radius 3 is 2.50 bits per heavy atom. The number of anilines is 2. The Bertz CT molecular complexity index is 1340.